The second-order valence-corrected chi connectivity index (χ2v) is 6.81. The molecule has 3 N–H and O–H groups in total. The number of aliphatic carboxylic acids is 1. The fourth-order valence-corrected chi connectivity index (χ4v) is 3.46. The quantitative estimate of drug-likeness (QED) is 0.690. The second kappa shape index (κ2) is 9.31. The first-order valence-electron chi connectivity index (χ1n) is 8.91. The van der Waals surface area contributed by atoms with Gasteiger partial charge in [-0.05, 0) is 36.5 Å². The van der Waals surface area contributed by atoms with Crippen LogP contribution < -0.4 is 10.6 Å². The molecule has 26 heavy (non-hydrogen) atoms. The van der Waals surface area contributed by atoms with Crippen molar-refractivity contribution in [2.75, 3.05) is 0 Å². The first kappa shape index (κ1) is 19.9. The largest absolute Gasteiger partial charge is 0.480 e. The van der Waals surface area contributed by atoms with E-state index >= 15 is 0 Å². The number of hydrogen-bond donors (Lipinski definition) is 3. The van der Waals surface area contributed by atoms with Gasteiger partial charge >= 0.3 is 5.97 Å². The van der Waals surface area contributed by atoms with Gasteiger partial charge in [-0.1, -0.05) is 31.4 Å². The first-order valence-corrected chi connectivity index (χ1v) is 8.91. The lowest BCUT2D eigenvalue weighted by molar-refractivity contribution is -0.144. The van der Waals surface area contributed by atoms with Gasteiger partial charge in [-0.15, -0.1) is 0 Å². The Bertz CT molecular complexity index is 659. The van der Waals surface area contributed by atoms with Crippen molar-refractivity contribution in [1.29, 1.82) is 0 Å². The lowest BCUT2D eigenvalue weighted by Gasteiger charge is -2.29. The maximum atomic E-state index is 13.4. The summed E-state index contributed by atoms with van der Waals surface area (Å²) in [6.07, 6.45) is 4.56. The molecule has 1 fully saturated rings. The fraction of sp³-hybridized carbons (Fsp3) is 0.526. The summed E-state index contributed by atoms with van der Waals surface area (Å²) in [5.41, 5.74) is 0.545. The van der Waals surface area contributed by atoms with E-state index in [2.05, 4.69) is 10.6 Å². The lowest BCUT2D eigenvalue weighted by atomic mass is 9.83. The number of nitrogens with one attached hydrogen (secondary N) is 2. The van der Waals surface area contributed by atoms with Gasteiger partial charge in [0.2, 0.25) is 11.8 Å². The highest BCUT2D eigenvalue weighted by Crippen LogP contribution is 2.26. The molecule has 1 aromatic carbocycles. The van der Waals surface area contributed by atoms with Crippen molar-refractivity contribution in [3.05, 3.63) is 35.6 Å². The molecule has 1 aromatic rings. The Balaban J connectivity index is 2.10. The summed E-state index contributed by atoms with van der Waals surface area (Å²) in [6.45, 7) is 1.28. The summed E-state index contributed by atoms with van der Waals surface area (Å²) in [6, 6.07) is 3.82. The average molecular weight is 364 g/mol. The predicted octanol–water partition coefficient (Wildman–Crippen LogP) is 2.02. The average Bonchev–Trinajstić information content (AvgIpc) is 2.59. The number of amides is 2. The summed E-state index contributed by atoms with van der Waals surface area (Å²) >= 11 is 0. The Labute approximate surface area is 152 Å². The zero-order chi connectivity index (χ0) is 19.1. The molecular weight excluding hydrogens is 339 g/mol. The van der Waals surface area contributed by atoms with Gasteiger partial charge in [-0.2, -0.15) is 0 Å². The molecule has 1 aliphatic carbocycles. The van der Waals surface area contributed by atoms with Crippen LogP contribution in [0.1, 0.15) is 44.6 Å². The number of halogens is 1. The van der Waals surface area contributed by atoms with Crippen molar-refractivity contribution in [3.8, 4) is 0 Å². The highest BCUT2D eigenvalue weighted by molar-refractivity contribution is 5.90. The third kappa shape index (κ3) is 5.82. The number of carboxylic acids is 1. The van der Waals surface area contributed by atoms with Crippen molar-refractivity contribution < 1.29 is 23.9 Å². The van der Waals surface area contributed by atoms with Crippen LogP contribution in [-0.2, 0) is 20.8 Å². The van der Waals surface area contributed by atoms with Gasteiger partial charge in [0.05, 0.1) is 0 Å². The van der Waals surface area contributed by atoms with Gasteiger partial charge in [0.1, 0.15) is 17.9 Å². The van der Waals surface area contributed by atoms with Gasteiger partial charge in [0.15, 0.2) is 0 Å². The van der Waals surface area contributed by atoms with E-state index in [4.69, 9.17) is 0 Å². The highest BCUT2D eigenvalue weighted by atomic mass is 19.1. The molecule has 0 unspecified atom stereocenters. The maximum absolute atomic E-state index is 13.4. The van der Waals surface area contributed by atoms with E-state index in [1.807, 2.05) is 0 Å². The number of benzene rings is 1. The molecule has 2 amide bonds. The summed E-state index contributed by atoms with van der Waals surface area (Å²) in [7, 11) is 0. The van der Waals surface area contributed by atoms with E-state index in [0.29, 0.717) is 5.56 Å². The van der Waals surface area contributed by atoms with Crippen LogP contribution in [0.25, 0.3) is 0 Å². The predicted molar refractivity (Wildman–Crippen MR) is 93.9 cm³/mol. The topological polar surface area (TPSA) is 95.5 Å². The second-order valence-electron chi connectivity index (χ2n) is 6.81. The van der Waals surface area contributed by atoms with Crippen LogP contribution in [0.4, 0.5) is 4.39 Å². The summed E-state index contributed by atoms with van der Waals surface area (Å²) < 4.78 is 13.4. The Kier molecular flexibility index (Phi) is 7.12. The van der Waals surface area contributed by atoms with Crippen LogP contribution in [0.15, 0.2) is 24.3 Å². The van der Waals surface area contributed by atoms with E-state index in [1.165, 1.54) is 25.1 Å². The number of rotatable bonds is 7. The molecule has 7 heteroatoms. The van der Waals surface area contributed by atoms with Gasteiger partial charge in [-0.25, -0.2) is 9.18 Å². The molecule has 1 aliphatic rings. The van der Waals surface area contributed by atoms with Crippen molar-refractivity contribution in [2.45, 2.75) is 57.5 Å². The third-order valence-corrected chi connectivity index (χ3v) is 4.71. The maximum Gasteiger partial charge on any atom is 0.326 e. The molecular formula is C19H25FN2O4. The molecule has 0 heterocycles. The SMILES string of the molecule is CC(=O)N[C@H](Cc1cccc(F)c1)C(=O)N[C@H](C(=O)O)C1CCCCC1. The molecule has 0 radical (unpaired) electrons. The van der Waals surface area contributed by atoms with Crippen LogP contribution >= 0.6 is 0 Å². The van der Waals surface area contributed by atoms with E-state index < -0.39 is 35.7 Å². The molecule has 142 valence electrons. The molecule has 1 saturated carbocycles. The number of carbonyl (C=O) groups excluding carboxylic acids is 2. The Morgan fingerprint density at radius 1 is 1.19 bits per heavy atom. The van der Waals surface area contributed by atoms with Gasteiger partial charge < -0.3 is 15.7 Å². The molecule has 0 bridgehead atoms. The van der Waals surface area contributed by atoms with E-state index in [-0.39, 0.29) is 12.3 Å². The molecule has 0 aromatic heterocycles. The Morgan fingerprint density at radius 3 is 2.46 bits per heavy atom. The van der Waals surface area contributed by atoms with Crippen LogP contribution in [0.2, 0.25) is 0 Å². The normalized spacial score (nSPS) is 17.2. The summed E-state index contributed by atoms with van der Waals surface area (Å²) in [5, 5.41) is 14.6. The van der Waals surface area contributed by atoms with Crippen molar-refractivity contribution in [3.63, 3.8) is 0 Å². The minimum absolute atomic E-state index is 0.0835. The van der Waals surface area contributed by atoms with Crippen LogP contribution in [0.5, 0.6) is 0 Å². The summed E-state index contributed by atoms with van der Waals surface area (Å²) in [4.78, 5) is 35.7. The Morgan fingerprint density at radius 2 is 1.88 bits per heavy atom. The fourth-order valence-electron chi connectivity index (χ4n) is 3.46. The minimum atomic E-state index is -1.07. The number of carbonyl (C=O) groups is 3. The van der Waals surface area contributed by atoms with Gasteiger partial charge in [0, 0.05) is 13.3 Å². The van der Waals surface area contributed by atoms with Crippen molar-refractivity contribution in [1.82, 2.24) is 10.6 Å². The molecule has 0 aliphatic heterocycles. The number of carboxylic acid groups (broad SMARTS) is 1. The first-order chi connectivity index (χ1) is 12.4. The van der Waals surface area contributed by atoms with Crippen molar-refractivity contribution in [2.24, 2.45) is 5.92 Å². The van der Waals surface area contributed by atoms with Crippen LogP contribution in [-0.4, -0.2) is 35.0 Å². The minimum Gasteiger partial charge on any atom is -0.480 e. The smallest absolute Gasteiger partial charge is 0.326 e. The monoisotopic (exact) mass is 364 g/mol. The van der Waals surface area contributed by atoms with Gasteiger partial charge in [0.25, 0.3) is 0 Å². The molecule has 6 nitrogen and oxygen atoms in total. The number of hydrogen-bond acceptors (Lipinski definition) is 3. The van der Waals surface area contributed by atoms with Crippen LogP contribution in [0, 0.1) is 11.7 Å². The Hall–Kier alpha value is -2.44. The van der Waals surface area contributed by atoms with Crippen molar-refractivity contribution >= 4 is 17.8 Å². The molecule has 2 atom stereocenters. The molecule has 2 rings (SSSR count). The molecule has 0 spiro atoms. The summed E-state index contributed by atoms with van der Waals surface area (Å²) in [5.74, 6) is -2.60. The van der Waals surface area contributed by atoms with E-state index in [0.717, 1.165) is 32.1 Å². The molecule has 0 saturated heterocycles. The van der Waals surface area contributed by atoms with E-state index in [9.17, 15) is 23.9 Å². The van der Waals surface area contributed by atoms with E-state index in [1.54, 1.807) is 6.07 Å². The zero-order valence-corrected chi connectivity index (χ0v) is 14.8. The van der Waals surface area contributed by atoms with Crippen LogP contribution in [0.3, 0.4) is 0 Å². The standard InChI is InChI=1S/C19H25FN2O4/c1-12(23)21-16(11-13-6-5-9-15(20)10-13)18(24)22-17(19(25)26)14-7-3-2-4-8-14/h5-6,9-10,14,16-17H,2-4,7-8,11H2,1H3,(H,21,23)(H,22,24)(H,25,26)/t16-,17+/m1/s1. The highest BCUT2D eigenvalue weighted by Gasteiger charge is 2.33. The lowest BCUT2D eigenvalue weighted by Crippen LogP contribution is -2.54. The van der Waals surface area contributed by atoms with Gasteiger partial charge in [-0.3, -0.25) is 9.59 Å². The third-order valence-electron chi connectivity index (χ3n) is 4.71. The zero-order valence-electron chi connectivity index (χ0n) is 14.8.